The van der Waals surface area contributed by atoms with E-state index >= 15 is 0 Å². The average molecular weight is 336 g/mol. The highest BCUT2D eigenvalue weighted by atomic mass is 79.9. The molecule has 0 aliphatic carbocycles. The summed E-state index contributed by atoms with van der Waals surface area (Å²) >= 11 is 3.09. The van der Waals surface area contributed by atoms with E-state index in [4.69, 9.17) is 0 Å². The van der Waals surface area contributed by atoms with Gasteiger partial charge in [0.25, 0.3) is 5.91 Å². The lowest BCUT2D eigenvalue weighted by molar-refractivity contribution is 0.101. The van der Waals surface area contributed by atoms with Gasteiger partial charge in [-0.3, -0.25) is 9.59 Å². The molecule has 0 atom stereocenters. The van der Waals surface area contributed by atoms with Crippen molar-refractivity contribution in [3.8, 4) is 0 Å². The Hall–Kier alpha value is -2.01. The first-order valence-electron chi connectivity index (χ1n) is 5.86. The molecular formula is C15H11BrFNO2. The molecule has 0 aliphatic heterocycles. The van der Waals surface area contributed by atoms with Gasteiger partial charge >= 0.3 is 0 Å². The second-order valence-corrected chi connectivity index (χ2v) is 4.66. The number of hydrogen-bond acceptors (Lipinski definition) is 2. The molecule has 0 saturated heterocycles. The molecular weight excluding hydrogens is 325 g/mol. The van der Waals surface area contributed by atoms with E-state index in [-0.39, 0.29) is 22.8 Å². The Morgan fingerprint density at radius 1 is 0.950 bits per heavy atom. The van der Waals surface area contributed by atoms with Crippen LogP contribution in [0.15, 0.2) is 48.5 Å². The second-order valence-electron chi connectivity index (χ2n) is 4.10. The molecule has 0 heterocycles. The Bertz CT molecular complexity index is 623. The zero-order chi connectivity index (χ0) is 14.5. The Balaban J connectivity index is 2.09. The molecule has 0 unspecified atom stereocenters. The van der Waals surface area contributed by atoms with Crippen LogP contribution in [0.3, 0.4) is 0 Å². The molecule has 0 aliphatic rings. The van der Waals surface area contributed by atoms with Crippen molar-refractivity contribution in [2.24, 2.45) is 0 Å². The van der Waals surface area contributed by atoms with Gasteiger partial charge in [0, 0.05) is 16.8 Å². The molecule has 2 aromatic rings. The standard InChI is InChI=1S/C15H11BrFNO2/c16-9-14(19)10-1-3-11(4-2-10)15(20)18-13-7-5-12(17)6-8-13/h1-8H,9H2,(H,18,20). The maximum atomic E-state index is 12.8. The number of hydrogen-bond donors (Lipinski definition) is 1. The minimum atomic E-state index is -0.361. The van der Waals surface area contributed by atoms with Crippen LogP contribution in [0, 0.1) is 5.82 Å². The minimum absolute atomic E-state index is 0.0458. The third-order valence-corrected chi connectivity index (χ3v) is 3.20. The van der Waals surface area contributed by atoms with Gasteiger partial charge in [-0.15, -0.1) is 0 Å². The van der Waals surface area contributed by atoms with Gasteiger partial charge in [0.1, 0.15) is 5.82 Å². The molecule has 2 aromatic carbocycles. The Kier molecular flexibility index (Phi) is 4.63. The highest BCUT2D eigenvalue weighted by Crippen LogP contribution is 2.12. The molecule has 5 heteroatoms. The van der Waals surface area contributed by atoms with E-state index < -0.39 is 0 Å². The normalized spacial score (nSPS) is 10.1. The highest BCUT2D eigenvalue weighted by Gasteiger charge is 2.08. The largest absolute Gasteiger partial charge is 0.322 e. The lowest BCUT2D eigenvalue weighted by Gasteiger charge is -2.05. The van der Waals surface area contributed by atoms with Crippen molar-refractivity contribution in [2.75, 3.05) is 10.6 Å². The van der Waals surface area contributed by atoms with Gasteiger partial charge in [0.2, 0.25) is 0 Å². The Morgan fingerprint density at radius 3 is 2.05 bits per heavy atom. The van der Waals surface area contributed by atoms with Crippen LogP contribution in [0.25, 0.3) is 0 Å². The topological polar surface area (TPSA) is 46.2 Å². The van der Waals surface area contributed by atoms with Crippen molar-refractivity contribution < 1.29 is 14.0 Å². The first kappa shape index (κ1) is 14.4. The number of carbonyl (C=O) groups excluding carboxylic acids is 2. The van der Waals surface area contributed by atoms with Gasteiger partial charge in [-0.1, -0.05) is 28.1 Å². The van der Waals surface area contributed by atoms with Crippen molar-refractivity contribution in [3.63, 3.8) is 0 Å². The van der Waals surface area contributed by atoms with Gasteiger partial charge in [0.05, 0.1) is 5.33 Å². The quantitative estimate of drug-likeness (QED) is 0.684. The molecule has 1 N–H and O–H groups in total. The minimum Gasteiger partial charge on any atom is -0.322 e. The molecule has 0 radical (unpaired) electrons. The van der Waals surface area contributed by atoms with E-state index in [1.807, 2.05) is 0 Å². The summed E-state index contributed by atoms with van der Waals surface area (Å²) in [6.07, 6.45) is 0. The van der Waals surface area contributed by atoms with E-state index in [1.165, 1.54) is 24.3 Å². The first-order valence-corrected chi connectivity index (χ1v) is 6.98. The predicted molar refractivity (Wildman–Crippen MR) is 78.9 cm³/mol. The summed E-state index contributed by atoms with van der Waals surface area (Å²) in [5.41, 5.74) is 1.48. The molecule has 0 spiro atoms. The first-order chi connectivity index (χ1) is 9.60. The number of carbonyl (C=O) groups is 2. The zero-order valence-corrected chi connectivity index (χ0v) is 12.0. The molecule has 20 heavy (non-hydrogen) atoms. The van der Waals surface area contributed by atoms with Crippen LogP contribution >= 0.6 is 15.9 Å². The van der Waals surface area contributed by atoms with Crippen LogP contribution < -0.4 is 5.32 Å². The summed E-state index contributed by atoms with van der Waals surface area (Å²) in [6.45, 7) is 0. The van der Waals surface area contributed by atoms with Crippen molar-refractivity contribution in [1.82, 2.24) is 0 Å². The average Bonchev–Trinajstić information content (AvgIpc) is 2.49. The molecule has 0 saturated carbocycles. The third kappa shape index (κ3) is 3.51. The van der Waals surface area contributed by atoms with Crippen LogP contribution in [0.1, 0.15) is 20.7 Å². The number of rotatable bonds is 4. The number of benzene rings is 2. The summed E-state index contributed by atoms with van der Waals surface area (Å²) in [4.78, 5) is 23.4. The fourth-order valence-electron chi connectivity index (χ4n) is 1.62. The predicted octanol–water partition coefficient (Wildman–Crippen LogP) is 3.66. The monoisotopic (exact) mass is 335 g/mol. The van der Waals surface area contributed by atoms with Gasteiger partial charge < -0.3 is 5.32 Å². The molecule has 102 valence electrons. The van der Waals surface area contributed by atoms with Gasteiger partial charge in [-0.25, -0.2) is 4.39 Å². The number of ketones is 1. The molecule has 3 nitrogen and oxygen atoms in total. The van der Waals surface area contributed by atoms with E-state index in [0.29, 0.717) is 16.8 Å². The molecule has 0 bridgehead atoms. The van der Waals surface area contributed by atoms with Gasteiger partial charge in [-0.2, -0.15) is 0 Å². The number of halogens is 2. The number of alkyl halides is 1. The summed E-state index contributed by atoms with van der Waals surface area (Å²) in [6, 6.07) is 11.9. The van der Waals surface area contributed by atoms with E-state index in [9.17, 15) is 14.0 Å². The maximum absolute atomic E-state index is 12.8. The van der Waals surface area contributed by atoms with Crippen LogP contribution in [-0.4, -0.2) is 17.0 Å². The fraction of sp³-hybridized carbons (Fsp3) is 0.0667. The van der Waals surface area contributed by atoms with Crippen molar-refractivity contribution >= 4 is 33.3 Å². The number of Topliss-reactive ketones (excluding diaryl/α,β-unsaturated/α-hetero) is 1. The molecule has 0 aromatic heterocycles. The lowest BCUT2D eigenvalue weighted by atomic mass is 10.1. The van der Waals surface area contributed by atoms with Crippen molar-refractivity contribution in [3.05, 3.63) is 65.5 Å². The zero-order valence-electron chi connectivity index (χ0n) is 10.4. The van der Waals surface area contributed by atoms with Crippen LogP contribution in [-0.2, 0) is 0 Å². The number of amides is 1. The van der Waals surface area contributed by atoms with E-state index in [2.05, 4.69) is 21.2 Å². The van der Waals surface area contributed by atoms with E-state index in [0.717, 1.165) is 0 Å². The Morgan fingerprint density at radius 2 is 1.50 bits per heavy atom. The van der Waals surface area contributed by atoms with Crippen molar-refractivity contribution in [1.29, 1.82) is 0 Å². The molecule has 1 amide bonds. The van der Waals surface area contributed by atoms with Crippen LogP contribution in [0.2, 0.25) is 0 Å². The maximum Gasteiger partial charge on any atom is 0.255 e. The fourth-order valence-corrected chi connectivity index (χ4v) is 1.94. The highest BCUT2D eigenvalue weighted by molar-refractivity contribution is 9.09. The molecule has 2 rings (SSSR count). The van der Waals surface area contributed by atoms with Crippen LogP contribution in [0.5, 0.6) is 0 Å². The van der Waals surface area contributed by atoms with Crippen molar-refractivity contribution in [2.45, 2.75) is 0 Å². The van der Waals surface area contributed by atoms with E-state index in [1.54, 1.807) is 24.3 Å². The summed E-state index contributed by atoms with van der Waals surface area (Å²) in [5.74, 6) is -0.717. The smallest absolute Gasteiger partial charge is 0.255 e. The third-order valence-electron chi connectivity index (χ3n) is 2.69. The van der Waals surface area contributed by atoms with Gasteiger partial charge in [0.15, 0.2) is 5.78 Å². The Labute approximate surface area is 123 Å². The second kappa shape index (κ2) is 6.43. The molecule has 0 fully saturated rings. The summed E-state index contributed by atoms with van der Waals surface area (Å²) < 4.78 is 12.8. The van der Waals surface area contributed by atoms with Crippen LogP contribution in [0.4, 0.5) is 10.1 Å². The number of anilines is 1. The lowest BCUT2D eigenvalue weighted by Crippen LogP contribution is -2.12. The summed E-state index contributed by atoms with van der Waals surface area (Å²) in [7, 11) is 0. The number of nitrogens with one attached hydrogen (secondary N) is 1. The van der Waals surface area contributed by atoms with Gasteiger partial charge in [-0.05, 0) is 36.4 Å². The summed E-state index contributed by atoms with van der Waals surface area (Å²) in [5, 5.41) is 2.89. The SMILES string of the molecule is O=C(CBr)c1ccc(C(=O)Nc2ccc(F)cc2)cc1.